The van der Waals surface area contributed by atoms with Gasteiger partial charge in [-0.25, -0.2) is 0 Å². The normalized spacial score (nSPS) is 16.8. The zero-order valence-electron chi connectivity index (χ0n) is 16.3. The number of aryl methyl sites for hydroxylation is 1. The average molecular weight is 361 g/mol. The van der Waals surface area contributed by atoms with Gasteiger partial charge in [0.2, 0.25) is 0 Å². The van der Waals surface area contributed by atoms with E-state index < -0.39 is 0 Å². The molecule has 0 spiro atoms. The van der Waals surface area contributed by atoms with Crippen LogP contribution in [0, 0.1) is 0 Å². The Balaban J connectivity index is 1.56. The molecule has 4 rings (SSSR count). The lowest BCUT2D eigenvalue weighted by Crippen LogP contribution is -2.19. The van der Waals surface area contributed by atoms with E-state index in [1.54, 1.807) is 0 Å². The summed E-state index contributed by atoms with van der Waals surface area (Å²) in [6.07, 6.45) is 2.29. The van der Waals surface area contributed by atoms with Gasteiger partial charge < -0.3 is 15.4 Å². The summed E-state index contributed by atoms with van der Waals surface area (Å²) in [5.74, 6) is 0.971. The predicted octanol–water partition coefficient (Wildman–Crippen LogP) is 5.57. The molecule has 0 radical (unpaired) electrons. The van der Waals surface area contributed by atoms with Gasteiger partial charge in [0.1, 0.15) is 5.82 Å². The summed E-state index contributed by atoms with van der Waals surface area (Å²) in [4.78, 5) is 3.48. The Hall–Kier alpha value is -2.52. The van der Waals surface area contributed by atoms with Crippen molar-refractivity contribution in [3.63, 3.8) is 0 Å². The number of H-pyrrole nitrogens is 1. The Labute approximate surface area is 161 Å². The first kappa shape index (κ1) is 17.9. The molecule has 0 saturated carbocycles. The van der Waals surface area contributed by atoms with Crippen LogP contribution in [0.4, 0.5) is 11.5 Å². The van der Waals surface area contributed by atoms with Gasteiger partial charge in [-0.1, -0.05) is 57.2 Å². The molecular formula is C24H28N2O. The Morgan fingerprint density at radius 2 is 1.78 bits per heavy atom. The van der Waals surface area contributed by atoms with Crippen LogP contribution >= 0.6 is 0 Å². The predicted molar refractivity (Wildman–Crippen MR) is 113 cm³/mol. The molecule has 1 aliphatic rings. The van der Waals surface area contributed by atoms with E-state index in [1.165, 1.54) is 22.3 Å². The number of nitrogens with one attached hydrogen (secondary N) is 2. The Morgan fingerprint density at radius 1 is 1.00 bits per heavy atom. The van der Waals surface area contributed by atoms with Crippen LogP contribution in [0.2, 0.25) is 0 Å². The minimum absolute atomic E-state index is 0.165. The Kier molecular flexibility index (Phi) is 4.56. The van der Waals surface area contributed by atoms with Gasteiger partial charge in [-0.05, 0) is 58.7 Å². The maximum atomic E-state index is 10.0. The van der Waals surface area contributed by atoms with E-state index in [0.29, 0.717) is 0 Å². The van der Waals surface area contributed by atoms with Crippen LogP contribution in [0.1, 0.15) is 43.9 Å². The minimum Gasteiger partial charge on any atom is -0.393 e. The zero-order chi connectivity index (χ0) is 19.0. The standard InChI is InChI=1S/C24H28N2O/c1-24(2,3)18-10-7-17(8-11-18)21-13-14-23(25-21)26-22-6-4-5-16-9-12-19(27)15-20(16)22/h4-8,10-11,13-14,19,25-27H,9,12,15H2,1-3H3. The quantitative estimate of drug-likeness (QED) is 0.571. The van der Waals surface area contributed by atoms with Crippen molar-refractivity contribution in [1.82, 2.24) is 4.98 Å². The number of aliphatic hydroxyl groups excluding tert-OH is 1. The lowest BCUT2D eigenvalue weighted by molar-refractivity contribution is 0.159. The first-order valence-electron chi connectivity index (χ1n) is 9.76. The van der Waals surface area contributed by atoms with E-state index in [1.807, 2.05) is 0 Å². The molecule has 1 heterocycles. The fourth-order valence-corrected chi connectivity index (χ4v) is 3.82. The van der Waals surface area contributed by atoms with Crippen molar-refractivity contribution in [3.8, 4) is 11.3 Å². The number of aliphatic hydroxyl groups is 1. The molecule has 0 amide bonds. The molecule has 3 nitrogen and oxygen atoms in total. The lowest BCUT2D eigenvalue weighted by atomic mass is 9.86. The molecule has 3 aromatic rings. The van der Waals surface area contributed by atoms with Gasteiger partial charge in [-0.3, -0.25) is 0 Å². The lowest BCUT2D eigenvalue weighted by Gasteiger charge is -2.23. The van der Waals surface area contributed by atoms with Crippen molar-refractivity contribution in [1.29, 1.82) is 0 Å². The molecule has 2 aromatic carbocycles. The highest BCUT2D eigenvalue weighted by atomic mass is 16.3. The van der Waals surface area contributed by atoms with Crippen molar-refractivity contribution in [2.75, 3.05) is 5.32 Å². The average Bonchev–Trinajstić information content (AvgIpc) is 3.10. The third-order valence-corrected chi connectivity index (χ3v) is 5.48. The van der Waals surface area contributed by atoms with Gasteiger partial charge in [-0.15, -0.1) is 0 Å². The van der Waals surface area contributed by atoms with Gasteiger partial charge in [0.15, 0.2) is 0 Å². The van der Waals surface area contributed by atoms with Gasteiger partial charge in [-0.2, -0.15) is 0 Å². The SMILES string of the molecule is CC(C)(C)c1ccc(-c2ccc(Nc3cccc4c3CC(O)CC4)[nH]2)cc1. The van der Waals surface area contributed by atoms with Crippen LogP contribution < -0.4 is 5.32 Å². The van der Waals surface area contributed by atoms with Crippen LogP contribution in [-0.2, 0) is 18.3 Å². The molecule has 1 unspecified atom stereocenters. The summed E-state index contributed by atoms with van der Waals surface area (Å²) in [7, 11) is 0. The number of rotatable bonds is 3. The topological polar surface area (TPSA) is 48.0 Å². The van der Waals surface area contributed by atoms with E-state index in [9.17, 15) is 5.11 Å². The largest absolute Gasteiger partial charge is 0.393 e. The summed E-state index contributed by atoms with van der Waals surface area (Å²) in [6, 6.07) is 19.3. The second-order valence-electron chi connectivity index (χ2n) is 8.58. The summed E-state index contributed by atoms with van der Waals surface area (Å²) in [5, 5.41) is 13.6. The van der Waals surface area contributed by atoms with Crippen LogP contribution in [0.15, 0.2) is 54.6 Å². The molecule has 140 valence electrons. The van der Waals surface area contributed by atoms with Crippen LogP contribution in [0.25, 0.3) is 11.3 Å². The minimum atomic E-state index is -0.235. The molecule has 0 aliphatic heterocycles. The van der Waals surface area contributed by atoms with E-state index in [-0.39, 0.29) is 11.5 Å². The highest BCUT2D eigenvalue weighted by Crippen LogP contribution is 2.31. The summed E-state index contributed by atoms with van der Waals surface area (Å²) in [5.41, 5.74) is 7.45. The van der Waals surface area contributed by atoms with Crippen molar-refractivity contribution in [3.05, 3.63) is 71.3 Å². The molecule has 3 heteroatoms. The number of hydrogen-bond acceptors (Lipinski definition) is 2. The fraction of sp³-hybridized carbons (Fsp3) is 0.333. The molecule has 0 fully saturated rings. The van der Waals surface area contributed by atoms with Gasteiger partial charge in [0.25, 0.3) is 0 Å². The van der Waals surface area contributed by atoms with Crippen LogP contribution in [-0.4, -0.2) is 16.2 Å². The van der Waals surface area contributed by atoms with Gasteiger partial charge >= 0.3 is 0 Å². The maximum Gasteiger partial charge on any atom is 0.108 e. The molecule has 27 heavy (non-hydrogen) atoms. The smallest absolute Gasteiger partial charge is 0.108 e. The Bertz CT molecular complexity index is 932. The van der Waals surface area contributed by atoms with Gasteiger partial charge in [0, 0.05) is 17.8 Å². The third kappa shape index (κ3) is 3.79. The number of fused-ring (bicyclic) bond motifs is 1. The summed E-state index contributed by atoms with van der Waals surface area (Å²) >= 11 is 0. The summed E-state index contributed by atoms with van der Waals surface area (Å²) in [6.45, 7) is 6.70. The number of benzene rings is 2. The highest BCUT2D eigenvalue weighted by molar-refractivity contribution is 5.68. The van der Waals surface area contributed by atoms with Crippen molar-refractivity contribution < 1.29 is 5.11 Å². The van der Waals surface area contributed by atoms with Crippen molar-refractivity contribution in [2.45, 2.75) is 51.6 Å². The first-order valence-corrected chi connectivity index (χ1v) is 9.76. The second kappa shape index (κ2) is 6.90. The van der Waals surface area contributed by atoms with E-state index in [2.05, 4.69) is 85.7 Å². The van der Waals surface area contributed by atoms with Gasteiger partial charge in [0.05, 0.1) is 6.10 Å². The number of anilines is 2. The van der Waals surface area contributed by atoms with E-state index in [0.717, 1.165) is 36.5 Å². The monoisotopic (exact) mass is 360 g/mol. The van der Waals surface area contributed by atoms with Crippen molar-refractivity contribution >= 4 is 11.5 Å². The molecule has 1 aliphatic carbocycles. The number of hydrogen-bond donors (Lipinski definition) is 3. The molecular weight excluding hydrogens is 332 g/mol. The Morgan fingerprint density at radius 3 is 2.52 bits per heavy atom. The van der Waals surface area contributed by atoms with E-state index >= 15 is 0 Å². The number of aromatic nitrogens is 1. The molecule has 0 bridgehead atoms. The molecule has 1 atom stereocenters. The highest BCUT2D eigenvalue weighted by Gasteiger charge is 2.19. The van der Waals surface area contributed by atoms with Crippen molar-refractivity contribution in [2.24, 2.45) is 0 Å². The second-order valence-corrected chi connectivity index (χ2v) is 8.58. The first-order chi connectivity index (χ1) is 12.9. The maximum absolute atomic E-state index is 10.0. The third-order valence-electron chi connectivity index (χ3n) is 5.48. The molecule has 3 N–H and O–H groups in total. The number of aromatic amines is 1. The zero-order valence-corrected chi connectivity index (χ0v) is 16.3. The summed E-state index contributed by atoms with van der Waals surface area (Å²) < 4.78 is 0. The fourth-order valence-electron chi connectivity index (χ4n) is 3.82. The van der Waals surface area contributed by atoms with Crippen LogP contribution in [0.3, 0.4) is 0 Å². The molecule has 1 aromatic heterocycles. The van der Waals surface area contributed by atoms with Crippen LogP contribution in [0.5, 0.6) is 0 Å². The van der Waals surface area contributed by atoms with E-state index in [4.69, 9.17) is 0 Å². The molecule has 0 saturated heterocycles.